The summed E-state index contributed by atoms with van der Waals surface area (Å²) in [6, 6.07) is 17.2. The van der Waals surface area contributed by atoms with Crippen LogP contribution in [-0.2, 0) is 6.42 Å². The topological polar surface area (TPSA) is 93.0 Å². The van der Waals surface area contributed by atoms with Gasteiger partial charge in [0.25, 0.3) is 0 Å². The van der Waals surface area contributed by atoms with Gasteiger partial charge in [0.05, 0.1) is 10.6 Å². The van der Waals surface area contributed by atoms with E-state index in [0.717, 1.165) is 16.5 Å². The number of benzene rings is 2. The second-order valence-corrected chi connectivity index (χ2v) is 6.30. The molecule has 0 saturated heterocycles. The fourth-order valence-electron chi connectivity index (χ4n) is 2.43. The maximum atomic E-state index is 11.6. The van der Waals surface area contributed by atoms with E-state index >= 15 is 0 Å². The van der Waals surface area contributed by atoms with Gasteiger partial charge in [-0.05, 0) is 40.0 Å². The molecule has 26 heavy (non-hydrogen) atoms. The molecule has 3 rings (SSSR count). The summed E-state index contributed by atoms with van der Waals surface area (Å²) in [5.74, 6) is 0.328. The third kappa shape index (κ3) is 4.34. The van der Waals surface area contributed by atoms with E-state index in [1.165, 1.54) is 6.33 Å². The van der Waals surface area contributed by atoms with Crippen molar-refractivity contribution < 1.29 is 4.92 Å². The predicted octanol–water partition coefficient (Wildman–Crippen LogP) is 4.55. The van der Waals surface area contributed by atoms with Gasteiger partial charge in [-0.2, -0.15) is 0 Å². The number of hydrogen-bond acceptors (Lipinski definition) is 6. The Bertz CT molecular complexity index is 905. The number of hydrogen-bond donors (Lipinski definition) is 2. The van der Waals surface area contributed by atoms with Crippen LogP contribution in [0.15, 0.2) is 65.4 Å². The van der Waals surface area contributed by atoms with E-state index in [9.17, 15) is 10.1 Å². The fourth-order valence-corrected chi connectivity index (χ4v) is 2.82. The summed E-state index contributed by atoms with van der Waals surface area (Å²) >= 11 is 3.41. The number of nitrogens with one attached hydrogen (secondary N) is 2. The molecule has 0 aliphatic heterocycles. The molecule has 0 saturated carbocycles. The Morgan fingerprint density at radius 2 is 1.69 bits per heavy atom. The van der Waals surface area contributed by atoms with E-state index in [4.69, 9.17) is 0 Å². The Balaban J connectivity index is 1.80. The van der Waals surface area contributed by atoms with E-state index in [1.807, 2.05) is 48.5 Å². The smallest absolute Gasteiger partial charge is 0.353 e. The number of nitrogens with zero attached hydrogens (tertiary/aromatic N) is 3. The van der Waals surface area contributed by atoms with Crippen molar-refractivity contribution in [3.05, 3.63) is 81.1 Å². The molecule has 0 spiro atoms. The molecule has 0 aliphatic rings. The van der Waals surface area contributed by atoms with Crippen LogP contribution in [-0.4, -0.2) is 21.4 Å². The Hall–Kier alpha value is -3.00. The molecule has 2 N–H and O–H groups in total. The average molecular weight is 414 g/mol. The summed E-state index contributed by atoms with van der Waals surface area (Å²) in [5, 5.41) is 17.6. The van der Waals surface area contributed by atoms with Crippen molar-refractivity contribution in [2.24, 2.45) is 0 Å². The highest BCUT2D eigenvalue weighted by atomic mass is 79.9. The molecule has 8 heteroatoms. The zero-order valence-corrected chi connectivity index (χ0v) is 15.3. The Morgan fingerprint density at radius 3 is 2.42 bits per heavy atom. The molecule has 0 amide bonds. The maximum Gasteiger partial charge on any atom is 0.353 e. The fraction of sp³-hybridized carbons (Fsp3) is 0.111. The zero-order valence-electron chi connectivity index (χ0n) is 13.7. The van der Waals surface area contributed by atoms with Crippen LogP contribution in [0.4, 0.5) is 23.0 Å². The highest BCUT2D eigenvalue weighted by Crippen LogP contribution is 2.33. The second kappa shape index (κ2) is 8.39. The molecule has 0 atom stereocenters. The highest BCUT2D eigenvalue weighted by Gasteiger charge is 2.23. The standard InChI is InChI=1S/C18H16BrN5O2/c19-14-8-4-5-9-15(14)23-18-16(24(25)26)17(21-12-22-18)20-11-10-13-6-2-1-3-7-13/h1-9,12H,10-11H2,(H2,20,21,22,23). The van der Waals surface area contributed by atoms with Gasteiger partial charge in [0, 0.05) is 11.0 Å². The van der Waals surface area contributed by atoms with E-state index in [-0.39, 0.29) is 17.3 Å². The Morgan fingerprint density at radius 1 is 1.00 bits per heavy atom. The molecule has 0 unspecified atom stereocenters. The summed E-state index contributed by atoms with van der Waals surface area (Å²) in [6.07, 6.45) is 2.03. The first-order chi connectivity index (χ1) is 12.6. The highest BCUT2D eigenvalue weighted by molar-refractivity contribution is 9.10. The lowest BCUT2D eigenvalue weighted by Crippen LogP contribution is -2.10. The summed E-state index contributed by atoms with van der Waals surface area (Å²) in [6.45, 7) is 0.524. The first-order valence-corrected chi connectivity index (χ1v) is 8.73. The van der Waals surface area contributed by atoms with Crippen molar-refractivity contribution in [2.45, 2.75) is 6.42 Å². The Labute approximate surface area is 158 Å². The van der Waals surface area contributed by atoms with Crippen molar-refractivity contribution >= 4 is 38.9 Å². The van der Waals surface area contributed by atoms with Crippen molar-refractivity contribution in [3.63, 3.8) is 0 Å². The first kappa shape index (κ1) is 17.8. The van der Waals surface area contributed by atoms with Gasteiger partial charge in [0.1, 0.15) is 6.33 Å². The van der Waals surface area contributed by atoms with Crippen LogP contribution in [0.25, 0.3) is 0 Å². The Kier molecular flexibility index (Phi) is 5.75. The molecule has 0 aliphatic carbocycles. The number of aromatic nitrogens is 2. The van der Waals surface area contributed by atoms with Gasteiger partial charge in [-0.1, -0.05) is 42.5 Å². The minimum absolute atomic E-state index is 0.138. The number of nitro groups is 1. The maximum absolute atomic E-state index is 11.6. The van der Waals surface area contributed by atoms with Crippen molar-refractivity contribution in [3.8, 4) is 0 Å². The number of halogens is 1. The molecule has 0 radical (unpaired) electrons. The lowest BCUT2D eigenvalue weighted by molar-refractivity contribution is -0.383. The average Bonchev–Trinajstić information content (AvgIpc) is 2.64. The van der Waals surface area contributed by atoms with Crippen LogP contribution >= 0.6 is 15.9 Å². The molecule has 0 bridgehead atoms. The number of para-hydroxylation sites is 1. The van der Waals surface area contributed by atoms with Gasteiger partial charge >= 0.3 is 5.69 Å². The first-order valence-electron chi connectivity index (χ1n) is 7.94. The van der Waals surface area contributed by atoms with Crippen molar-refractivity contribution in [2.75, 3.05) is 17.2 Å². The van der Waals surface area contributed by atoms with Gasteiger partial charge in [-0.3, -0.25) is 10.1 Å². The SMILES string of the molecule is O=[N+]([O-])c1c(NCCc2ccccc2)ncnc1Nc1ccccc1Br. The molecule has 7 nitrogen and oxygen atoms in total. The minimum Gasteiger partial charge on any atom is -0.364 e. The van der Waals surface area contributed by atoms with Crippen LogP contribution in [0.5, 0.6) is 0 Å². The molecule has 0 fully saturated rings. The number of rotatable bonds is 7. The number of anilines is 3. The van der Waals surface area contributed by atoms with Crippen molar-refractivity contribution in [1.29, 1.82) is 0 Å². The van der Waals surface area contributed by atoms with Crippen LogP contribution in [0.2, 0.25) is 0 Å². The van der Waals surface area contributed by atoms with Crippen molar-refractivity contribution in [1.82, 2.24) is 9.97 Å². The van der Waals surface area contributed by atoms with Crippen LogP contribution < -0.4 is 10.6 Å². The van der Waals surface area contributed by atoms with E-state index in [2.05, 4.69) is 36.5 Å². The largest absolute Gasteiger partial charge is 0.364 e. The van der Waals surface area contributed by atoms with Crippen LogP contribution in [0, 0.1) is 10.1 Å². The molecule has 132 valence electrons. The zero-order chi connectivity index (χ0) is 18.4. The van der Waals surface area contributed by atoms with E-state index in [1.54, 1.807) is 6.07 Å². The molecule has 1 heterocycles. The molecular weight excluding hydrogens is 398 g/mol. The third-order valence-electron chi connectivity index (χ3n) is 3.68. The lowest BCUT2D eigenvalue weighted by atomic mass is 10.1. The molecule has 3 aromatic rings. The minimum atomic E-state index is -0.482. The predicted molar refractivity (Wildman–Crippen MR) is 105 cm³/mol. The van der Waals surface area contributed by atoms with Gasteiger partial charge in [0.15, 0.2) is 0 Å². The van der Waals surface area contributed by atoms with Gasteiger partial charge in [-0.25, -0.2) is 9.97 Å². The quantitative estimate of drug-likeness (QED) is 0.436. The van der Waals surface area contributed by atoms with Gasteiger partial charge < -0.3 is 10.6 Å². The van der Waals surface area contributed by atoms with E-state index in [0.29, 0.717) is 12.2 Å². The third-order valence-corrected chi connectivity index (χ3v) is 4.37. The second-order valence-electron chi connectivity index (χ2n) is 5.44. The lowest BCUT2D eigenvalue weighted by Gasteiger charge is -2.11. The van der Waals surface area contributed by atoms with Gasteiger partial charge in [-0.15, -0.1) is 0 Å². The van der Waals surface area contributed by atoms with Gasteiger partial charge in [0.2, 0.25) is 11.6 Å². The summed E-state index contributed by atoms with van der Waals surface area (Å²) in [4.78, 5) is 19.2. The van der Waals surface area contributed by atoms with E-state index < -0.39 is 4.92 Å². The van der Waals surface area contributed by atoms with Crippen LogP contribution in [0.1, 0.15) is 5.56 Å². The summed E-state index contributed by atoms with van der Waals surface area (Å²) in [7, 11) is 0. The molecular formula is C18H16BrN5O2. The monoisotopic (exact) mass is 413 g/mol. The summed E-state index contributed by atoms with van der Waals surface area (Å²) < 4.78 is 0.784. The summed E-state index contributed by atoms with van der Waals surface area (Å²) in [5.41, 5.74) is 1.64. The normalized spacial score (nSPS) is 10.3. The molecule has 1 aromatic heterocycles. The van der Waals surface area contributed by atoms with Crippen LogP contribution in [0.3, 0.4) is 0 Å². The molecule has 2 aromatic carbocycles.